The number of aromatic amines is 1. The molecule has 0 saturated carbocycles. The monoisotopic (exact) mass is 397 g/mol. The van der Waals surface area contributed by atoms with E-state index in [0.717, 1.165) is 54.6 Å². The van der Waals surface area contributed by atoms with E-state index >= 15 is 0 Å². The normalized spacial score (nSPS) is 21.2. The number of H-pyrrole nitrogens is 1. The molecule has 0 aliphatic carbocycles. The Balaban J connectivity index is 1.37. The molecule has 7 nitrogen and oxygen atoms in total. The van der Waals surface area contributed by atoms with E-state index in [4.69, 9.17) is 22.1 Å². The minimum Gasteiger partial charge on any atom is -0.367 e. The summed E-state index contributed by atoms with van der Waals surface area (Å²) in [7, 11) is 0. The van der Waals surface area contributed by atoms with Crippen LogP contribution >= 0.6 is 11.6 Å². The number of halogens is 1. The first kappa shape index (κ1) is 17.6. The predicted molar refractivity (Wildman–Crippen MR) is 105 cm³/mol. The van der Waals surface area contributed by atoms with E-state index in [2.05, 4.69) is 19.9 Å². The van der Waals surface area contributed by atoms with Gasteiger partial charge in [-0.1, -0.05) is 17.7 Å². The SMILES string of the molecule is NC(=O)[C@@H]1OC2(CCN(Cc3c[nH]c4ncncc34)CC2)c2cc(Cl)ccc21. The van der Waals surface area contributed by atoms with Gasteiger partial charge in [0.1, 0.15) is 12.0 Å². The number of aromatic nitrogens is 3. The summed E-state index contributed by atoms with van der Waals surface area (Å²) in [6, 6.07) is 5.57. The number of likely N-dealkylation sites (tertiary alicyclic amines) is 1. The third-order valence-electron chi connectivity index (χ3n) is 5.89. The summed E-state index contributed by atoms with van der Waals surface area (Å²) < 4.78 is 6.24. The van der Waals surface area contributed by atoms with Crippen molar-refractivity contribution in [3.05, 3.63) is 58.6 Å². The molecule has 28 heavy (non-hydrogen) atoms. The van der Waals surface area contributed by atoms with Gasteiger partial charge in [-0.05, 0) is 41.7 Å². The minimum absolute atomic E-state index is 0.457. The highest BCUT2D eigenvalue weighted by Crippen LogP contribution is 2.50. The van der Waals surface area contributed by atoms with Crippen LogP contribution in [-0.4, -0.2) is 38.8 Å². The first-order valence-corrected chi connectivity index (χ1v) is 9.69. The van der Waals surface area contributed by atoms with Gasteiger partial charge in [-0.25, -0.2) is 9.97 Å². The zero-order valence-electron chi connectivity index (χ0n) is 15.2. The van der Waals surface area contributed by atoms with Crippen molar-refractivity contribution in [1.82, 2.24) is 19.9 Å². The first-order chi connectivity index (χ1) is 13.6. The summed E-state index contributed by atoms with van der Waals surface area (Å²) in [6.45, 7) is 2.50. The van der Waals surface area contributed by atoms with Crippen LogP contribution in [0.25, 0.3) is 11.0 Å². The Bertz CT molecular complexity index is 1060. The summed E-state index contributed by atoms with van der Waals surface area (Å²) in [5.74, 6) is -0.457. The van der Waals surface area contributed by atoms with Crippen molar-refractivity contribution in [2.75, 3.05) is 13.1 Å². The molecule has 3 aromatic rings. The predicted octanol–water partition coefficient (Wildman–Crippen LogP) is 2.66. The van der Waals surface area contributed by atoms with Crippen LogP contribution < -0.4 is 5.73 Å². The lowest BCUT2D eigenvalue weighted by Crippen LogP contribution is -2.42. The fourth-order valence-corrected chi connectivity index (χ4v) is 4.63. The topological polar surface area (TPSA) is 97.1 Å². The molecule has 5 rings (SSSR count). The van der Waals surface area contributed by atoms with Gasteiger partial charge in [0.2, 0.25) is 0 Å². The maximum absolute atomic E-state index is 11.9. The molecule has 1 amide bonds. The number of carbonyl (C=O) groups excluding carboxylic acids is 1. The van der Waals surface area contributed by atoms with Crippen molar-refractivity contribution in [2.45, 2.75) is 31.1 Å². The summed E-state index contributed by atoms with van der Waals surface area (Å²) in [5, 5.41) is 1.69. The molecule has 2 aromatic heterocycles. The van der Waals surface area contributed by atoms with Gasteiger partial charge >= 0.3 is 0 Å². The molecule has 2 aliphatic rings. The zero-order chi connectivity index (χ0) is 19.3. The molecule has 0 unspecified atom stereocenters. The fourth-order valence-electron chi connectivity index (χ4n) is 4.46. The van der Waals surface area contributed by atoms with Gasteiger partial charge in [0, 0.05) is 42.4 Å². The van der Waals surface area contributed by atoms with Crippen LogP contribution in [0.4, 0.5) is 0 Å². The quantitative estimate of drug-likeness (QED) is 0.708. The van der Waals surface area contributed by atoms with Crippen molar-refractivity contribution >= 4 is 28.5 Å². The van der Waals surface area contributed by atoms with Gasteiger partial charge < -0.3 is 15.5 Å². The molecule has 4 heterocycles. The molecule has 8 heteroatoms. The maximum Gasteiger partial charge on any atom is 0.251 e. The lowest BCUT2D eigenvalue weighted by Gasteiger charge is -2.39. The van der Waals surface area contributed by atoms with Crippen molar-refractivity contribution in [3.8, 4) is 0 Å². The van der Waals surface area contributed by atoms with Gasteiger partial charge in [0.25, 0.3) is 5.91 Å². The van der Waals surface area contributed by atoms with Crippen LogP contribution in [0, 0.1) is 0 Å². The molecular formula is C20H20ClN5O2. The van der Waals surface area contributed by atoms with Crippen LogP contribution in [0.2, 0.25) is 5.02 Å². The Morgan fingerprint density at radius 2 is 2.21 bits per heavy atom. The van der Waals surface area contributed by atoms with E-state index in [1.807, 2.05) is 24.5 Å². The van der Waals surface area contributed by atoms with Gasteiger partial charge in [-0.3, -0.25) is 9.69 Å². The molecule has 1 aromatic carbocycles. The Labute approximate surface area is 166 Å². The Kier molecular flexibility index (Phi) is 4.12. The molecule has 144 valence electrons. The number of carbonyl (C=O) groups is 1. The van der Waals surface area contributed by atoms with E-state index in [0.29, 0.717) is 5.02 Å². The number of ether oxygens (including phenoxy) is 1. The van der Waals surface area contributed by atoms with Crippen LogP contribution in [0.15, 0.2) is 36.9 Å². The van der Waals surface area contributed by atoms with Crippen LogP contribution in [0.1, 0.15) is 35.6 Å². The lowest BCUT2D eigenvalue weighted by atomic mass is 9.83. The van der Waals surface area contributed by atoms with Crippen LogP contribution in [0.5, 0.6) is 0 Å². The maximum atomic E-state index is 11.9. The van der Waals surface area contributed by atoms with E-state index < -0.39 is 17.6 Å². The van der Waals surface area contributed by atoms with Crippen molar-refractivity contribution in [3.63, 3.8) is 0 Å². The number of nitrogens with zero attached hydrogens (tertiary/aromatic N) is 3. The van der Waals surface area contributed by atoms with Crippen molar-refractivity contribution < 1.29 is 9.53 Å². The number of hydrogen-bond acceptors (Lipinski definition) is 5. The van der Waals surface area contributed by atoms with Crippen LogP contribution in [-0.2, 0) is 21.7 Å². The molecule has 1 spiro atoms. The summed E-state index contributed by atoms with van der Waals surface area (Å²) in [6.07, 6.45) is 6.24. The fraction of sp³-hybridized carbons (Fsp3) is 0.350. The van der Waals surface area contributed by atoms with Gasteiger partial charge in [-0.2, -0.15) is 0 Å². The standard InChI is InChI=1S/C20H20ClN5O2/c21-13-1-2-14-16(7-13)20(28-17(14)18(22)27)3-5-26(6-4-20)10-12-8-24-19-15(12)9-23-11-25-19/h1-2,7-9,11,17H,3-6,10H2,(H2,22,27)(H,23,24,25)/t17-/m1/s1. The Morgan fingerprint density at radius 3 is 3.00 bits per heavy atom. The number of nitrogens with two attached hydrogens (primary N) is 1. The average Bonchev–Trinajstić information content (AvgIpc) is 3.24. The number of piperidine rings is 1. The van der Waals surface area contributed by atoms with E-state index in [-0.39, 0.29) is 0 Å². The van der Waals surface area contributed by atoms with Crippen LogP contribution in [0.3, 0.4) is 0 Å². The number of rotatable bonds is 3. The highest BCUT2D eigenvalue weighted by atomic mass is 35.5. The average molecular weight is 398 g/mol. The molecule has 1 atom stereocenters. The number of nitrogens with one attached hydrogen (secondary N) is 1. The first-order valence-electron chi connectivity index (χ1n) is 9.31. The highest BCUT2D eigenvalue weighted by molar-refractivity contribution is 6.30. The summed E-state index contributed by atoms with van der Waals surface area (Å²) >= 11 is 6.23. The zero-order valence-corrected chi connectivity index (χ0v) is 15.9. The second-order valence-electron chi connectivity index (χ2n) is 7.50. The summed E-state index contributed by atoms with van der Waals surface area (Å²) in [4.78, 5) is 25.9. The summed E-state index contributed by atoms with van der Waals surface area (Å²) in [5.41, 5.74) is 8.97. The number of fused-ring (bicyclic) bond motifs is 3. The Hall–Kier alpha value is -2.48. The molecule has 1 saturated heterocycles. The van der Waals surface area contributed by atoms with E-state index in [1.54, 1.807) is 12.4 Å². The van der Waals surface area contributed by atoms with Gasteiger partial charge in [0.15, 0.2) is 6.10 Å². The highest BCUT2D eigenvalue weighted by Gasteiger charge is 2.48. The second-order valence-corrected chi connectivity index (χ2v) is 7.94. The lowest BCUT2D eigenvalue weighted by molar-refractivity contribution is -0.148. The second kappa shape index (κ2) is 6.55. The number of amides is 1. The van der Waals surface area contributed by atoms with E-state index in [1.165, 1.54) is 5.56 Å². The van der Waals surface area contributed by atoms with E-state index in [9.17, 15) is 4.79 Å². The van der Waals surface area contributed by atoms with Gasteiger partial charge in [-0.15, -0.1) is 0 Å². The third kappa shape index (κ3) is 2.78. The smallest absolute Gasteiger partial charge is 0.251 e. The molecule has 0 bridgehead atoms. The Morgan fingerprint density at radius 1 is 1.39 bits per heavy atom. The molecule has 3 N–H and O–H groups in total. The van der Waals surface area contributed by atoms with Crippen molar-refractivity contribution in [2.24, 2.45) is 5.73 Å². The number of hydrogen-bond donors (Lipinski definition) is 2. The molecule has 0 radical (unpaired) electrons. The minimum atomic E-state index is -0.704. The molecule has 2 aliphatic heterocycles. The number of primary amides is 1. The number of benzene rings is 1. The third-order valence-corrected chi connectivity index (χ3v) is 6.12. The molecule has 1 fully saturated rings. The largest absolute Gasteiger partial charge is 0.367 e. The molecular weight excluding hydrogens is 378 g/mol. The van der Waals surface area contributed by atoms with Crippen molar-refractivity contribution in [1.29, 1.82) is 0 Å². The van der Waals surface area contributed by atoms with Gasteiger partial charge in [0.05, 0.1) is 5.60 Å².